The van der Waals surface area contributed by atoms with Crippen LogP contribution in [-0.4, -0.2) is 13.2 Å². The van der Waals surface area contributed by atoms with Crippen LogP contribution < -0.4 is 16.0 Å². The van der Waals surface area contributed by atoms with Crippen LogP contribution in [0.3, 0.4) is 0 Å². The molecule has 1 aromatic rings. The lowest BCUT2D eigenvalue weighted by Crippen LogP contribution is -2.43. The second-order valence-corrected chi connectivity index (χ2v) is 5.85. The van der Waals surface area contributed by atoms with Gasteiger partial charge in [-0.1, -0.05) is 31.9 Å². The molecule has 1 fully saturated rings. The van der Waals surface area contributed by atoms with E-state index in [1.54, 1.807) is 7.11 Å². The first kappa shape index (κ1) is 14.4. The van der Waals surface area contributed by atoms with Gasteiger partial charge in [-0.3, -0.25) is 11.3 Å². The van der Waals surface area contributed by atoms with Crippen molar-refractivity contribution in [3.8, 4) is 5.75 Å². The summed E-state index contributed by atoms with van der Waals surface area (Å²) in [6.45, 7) is 2.35. The molecule has 1 aliphatic carbocycles. The predicted octanol–water partition coefficient (Wildman–Crippen LogP) is 2.90. The molecule has 0 amide bonds. The predicted molar refractivity (Wildman–Crippen MR) is 78.9 cm³/mol. The van der Waals surface area contributed by atoms with Crippen molar-refractivity contribution in [1.29, 1.82) is 0 Å². The van der Waals surface area contributed by atoms with Crippen LogP contribution in [0.15, 0.2) is 24.3 Å². The second kappa shape index (κ2) is 6.92. The highest BCUT2D eigenvalue weighted by atomic mass is 16.5. The summed E-state index contributed by atoms with van der Waals surface area (Å²) in [4.78, 5) is 0. The third-order valence-corrected chi connectivity index (χ3v) is 4.46. The summed E-state index contributed by atoms with van der Waals surface area (Å²) in [7, 11) is 1.70. The van der Waals surface area contributed by atoms with Crippen molar-refractivity contribution < 1.29 is 4.74 Å². The molecule has 1 saturated carbocycles. The standard InChI is InChI=1S/C16H26N2O/c1-12-3-7-14(8-4-12)16(18-17)11-13-5-9-15(19-2)10-6-13/h5-6,9-10,12,14,16,18H,3-4,7-8,11,17H2,1-2H3. The van der Waals surface area contributed by atoms with Crippen molar-refractivity contribution in [2.75, 3.05) is 7.11 Å². The van der Waals surface area contributed by atoms with Gasteiger partial charge in [0.2, 0.25) is 0 Å². The first-order valence-electron chi connectivity index (χ1n) is 7.32. The molecule has 0 aromatic heterocycles. The summed E-state index contributed by atoms with van der Waals surface area (Å²) in [5.41, 5.74) is 4.35. The number of benzene rings is 1. The van der Waals surface area contributed by atoms with Gasteiger partial charge >= 0.3 is 0 Å². The van der Waals surface area contributed by atoms with Gasteiger partial charge in [0.05, 0.1) is 7.11 Å². The Labute approximate surface area is 116 Å². The number of hydrogen-bond acceptors (Lipinski definition) is 3. The number of hydrogen-bond donors (Lipinski definition) is 2. The largest absolute Gasteiger partial charge is 0.497 e. The van der Waals surface area contributed by atoms with E-state index in [1.165, 1.54) is 31.2 Å². The van der Waals surface area contributed by atoms with Crippen LogP contribution in [0.2, 0.25) is 0 Å². The second-order valence-electron chi connectivity index (χ2n) is 5.85. The van der Waals surface area contributed by atoms with Crippen molar-refractivity contribution in [2.24, 2.45) is 17.7 Å². The van der Waals surface area contributed by atoms with Crippen LogP contribution in [0.1, 0.15) is 38.2 Å². The summed E-state index contributed by atoms with van der Waals surface area (Å²) >= 11 is 0. The molecule has 1 unspecified atom stereocenters. The number of rotatable bonds is 5. The Morgan fingerprint density at radius 2 is 1.84 bits per heavy atom. The zero-order chi connectivity index (χ0) is 13.7. The molecule has 19 heavy (non-hydrogen) atoms. The van der Waals surface area contributed by atoms with E-state index in [-0.39, 0.29) is 0 Å². The highest BCUT2D eigenvalue weighted by Gasteiger charge is 2.25. The molecular weight excluding hydrogens is 236 g/mol. The zero-order valence-corrected chi connectivity index (χ0v) is 12.1. The average Bonchev–Trinajstić information content (AvgIpc) is 2.46. The Balaban J connectivity index is 1.94. The number of nitrogens with two attached hydrogens (primary N) is 1. The topological polar surface area (TPSA) is 47.3 Å². The van der Waals surface area contributed by atoms with Crippen LogP contribution in [0.5, 0.6) is 5.75 Å². The van der Waals surface area contributed by atoms with Crippen molar-refractivity contribution in [3.63, 3.8) is 0 Å². The van der Waals surface area contributed by atoms with E-state index in [0.29, 0.717) is 12.0 Å². The van der Waals surface area contributed by atoms with Crippen LogP contribution >= 0.6 is 0 Å². The van der Waals surface area contributed by atoms with Gasteiger partial charge in [0.25, 0.3) is 0 Å². The molecule has 3 heteroatoms. The molecule has 0 heterocycles. The molecule has 3 nitrogen and oxygen atoms in total. The Morgan fingerprint density at radius 1 is 1.21 bits per heavy atom. The highest BCUT2D eigenvalue weighted by Crippen LogP contribution is 2.31. The van der Waals surface area contributed by atoms with E-state index in [9.17, 15) is 0 Å². The maximum absolute atomic E-state index is 5.77. The van der Waals surface area contributed by atoms with Crippen LogP contribution in [0.25, 0.3) is 0 Å². The van der Waals surface area contributed by atoms with Crippen molar-refractivity contribution >= 4 is 0 Å². The van der Waals surface area contributed by atoms with Crippen LogP contribution in [0.4, 0.5) is 0 Å². The minimum absolute atomic E-state index is 0.390. The summed E-state index contributed by atoms with van der Waals surface area (Å²) < 4.78 is 5.19. The molecule has 0 radical (unpaired) electrons. The third-order valence-electron chi connectivity index (χ3n) is 4.46. The normalized spacial score (nSPS) is 25.0. The molecule has 0 saturated heterocycles. The number of nitrogens with one attached hydrogen (secondary N) is 1. The van der Waals surface area contributed by atoms with Gasteiger partial charge in [-0.25, -0.2) is 0 Å². The lowest BCUT2D eigenvalue weighted by atomic mass is 9.78. The molecule has 106 valence electrons. The molecule has 1 aliphatic rings. The van der Waals surface area contributed by atoms with Crippen LogP contribution in [0, 0.1) is 11.8 Å². The average molecular weight is 262 g/mol. The monoisotopic (exact) mass is 262 g/mol. The summed E-state index contributed by atoms with van der Waals surface area (Å²) in [5, 5.41) is 0. The fraction of sp³-hybridized carbons (Fsp3) is 0.625. The van der Waals surface area contributed by atoms with Crippen LogP contribution in [-0.2, 0) is 6.42 Å². The minimum atomic E-state index is 0.390. The molecule has 0 spiro atoms. The molecule has 3 N–H and O–H groups in total. The first-order chi connectivity index (χ1) is 9.22. The molecule has 0 aliphatic heterocycles. The SMILES string of the molecule is COc1ccc(CC(NN)C2CCC(C)CC2)cc1. The Hall–Kier alpha value is -1.06. The van der Waals surface area contributed by atoms with E-state index in [4.69, 9.17) is 10.6 Å². The van der Waals surface area contributed by atoms with Gasteiger partial charge in [-0.2, -0.15) is 0 Å². The third kappa shape index (κ3) is 3.95. The molecule has 0 bridgehead atoms. The fourth-order valence-electron chi connectivity index (χ4n) is 3.07. The molecular formula is C16H26N2O. The van der Waals surface area contributed by atoms with Gasteiger partial charge in [0.15, 0.2) is 0 Å². The lowest BCUT2D eigenvalue weighted by molar-refractivity contribution is 0.229. The van der Waals surface area contributed by atoms with Gasteiger partial charge < -0.3 is 4.74 Å². The van der Waals surface area contributed by atoms with E-state index < -0.39 is 0 Å². The first-order valence-corrected chi connectivity index (χ1v) is 7.32. The molecule has 1 aromatic carbocycles. The van der Waals surface area contributed by atoms with Gasteiger partial charge in [-0.15, -0.1) is 0 Å². The van der Waals surface area contributed by atoms with Gasteiger partial charge in [0, 0.05) is 6.04 Å². The Bertz CT molecular complexity index is 369. The van der Waals surface area contributed by atoms with Crippen molar-refractivity contribution in [3.05, 3.63) is 29.8 Å². The fourth-order valence-corrected chi connectivity index (χ4v) is 3.07. The maximum atomic E-state index is 5.77. The molecule has 1 atom stereocenters. The van der Waals surface area contributed by atoms with E-state index in [0.717, 1.165) is 18.1 Å². The summed E-state index contributed by atoms with van der Waals surface area (Å²) in [5.74, 6) is 8.27. The smallest absolute Gasteiger partial charge is 0.118 e. The molecule has 2 rings (SSSR count). The summed E-state index contributed by atoms with van der Waals surface area (Å²) in [6.07, 6.45) is 6.27. The van der Waals surface area contributed by atoms with Crippen molar-refractivity contribution in [2.45, 2.75) is 45.1 Å². The highest BCUT2D eigenvalue weighted by molar-refractivity contribution is 5.27. The number of methoxy groups -OCH3 is 1. The minimum Gasteiger partial charge on any atom is -0.497 e. The summed E-state index contributed by atoms with van der Waals surface area (Å²) in [6, 6.07) is 8.70. The maximum Gasteiger partial charge on any atom is 0.118 e. The quantitative estimate of drug-likeness (QED) is 0.633. The van der Waals surface area contributed by atoms with Crippen molar-refractivity contribution in [1.82, 2.24) is 5.43 Å². The van der Waals surface area contributed by atoms with E-state index in [1.807, 2.05) is 12.1 Å². The van der Waals surface area contributed by atoms with E-state index in [2.05, 4.69) is 24.5 Å². The Kier molecular flexibility index (Phi) is 5.23. The zero-order valence-electron chi connectivity index (χ0n) is 12.1. The Morgan fingerprint density at radius 3 is 2.37 bits per heavy atom. The number of hydrazine groups is 1. The van der Waals surface area contributed by atoms with Gasteiger partial charge in [0.1, 0.15) is 5.75 Å². The number of ether oxygens (including phenoxy) is 1. The van der Waals surface area contributed by atoms with E-state index >= 15 is 0 Å². The van der Waals surface area contributed by atoms with Gasteiger partial charge in [-0.05, 0) is 48.8 Å². The lowest BCUT2D eigenvalue weighted by Gasteiger charge is -2.32.